The molecule has 0 aliphatic heterocycles. The maximum absolute atomic E-state index is 5.40. The average molecular weight is 105 g/mol. The summed E-state index contributed by atoms with van der Waals surface area (Å²) in [6.07, 6.45) is 0.913. The SMILES string of the molecule is CC[C@@](C)(N)S. The van der Waals surface area contributed by atoms with Gasteiger partial charge in [-0.05, 0) is 13.3 Å². The van der Waals surface area contributed by atoms with Gasteiger partial charge in [-0.15, -0.1) is 0 Å². The second-order valence-corrected chi connectivity index (χ2v) is 2.73. The molecule has 0 aromatic carbocycles. The van der Waals surface area contributed by atoms with E-state index >= 15 is 0 Å². The van der Waals surface area contributed by atoms with Crippen molar-refractivity contribution in [1.29, 1.82) is 0 Å². The Labute approximate surface area is 44.3 Å². The van der Waals surface area contributed by atoms with Gasteiger partial charge in [-0.1, -0.05) is 6.92 Å². The minimum atomic E-state index is -0.264. The zero-order valence-electron chi connectivity index (χ0n) is 4.23. The van der Waals surface area contributed by atoms with E-state index in [9.17, 15) is 0 Å². The highest BCUT2D eigenvalue weighted by molar-refractivity contribution is 7.81. The Morgan fingerprint density at radius 1 is 1.83 bits per heavy atom. The summed E-state index contributed by atoms with van der Waals surface area (Å²) in [6.45, 7) is 3.89. The number of nitrogens with two attached hydrogens (primary N) is 1. The average Bonchev–Trinajstić information content (AvgIpc) is 1.35. The number of rotatable bonds is 1. The minimum absolute atomic E-state index is 0.264. The van der Waals surface area contributed by atoms with Crippen LogP contribution in [-0.4, -0.2) is 4.87 Å². The molecule has 1 nitrogen and oxygen atoms in total. The van der Waals surface area contributed by atoms with Crippen LogP contribution < -0.4 is 5.73 Å². The third-order valence-corrected chi connectivity index (χ3v) is 1.03. The lowest BCUT2D eigenvalue weighted by atomic mass is 10.3. The molecule has 0 aliphatic rings. The highest BCUT2D eigenvalue weighted by Gasteiger charge is 2.04. The van der Waals surface area contributed by atoms with Gasteiger partial charge in [-0.2, -0.15) is 12.6 Å². The molecule has 2 N–H and O–H groups in total. The molecule has 0 bridgehead atoms. The van der Waals surface area contributed by atoms with Crippen molar-refractivity contribution in [1.82, 2.24) is 0 Å². The van der Waals surface area contributed by atoms with Gasteiger partial charge in [-0.25, -0.2) is 0 Å². The molecule has 0 heterocycles. The van der Waals surface area contributed by atoms with Crippen molar-refractivity contribution in [2.24, 2.45) is 5.73 Å². The normalized spacial score (nSPS) is 20.0. The summed E-state index contributed by atoms with van der Waals surface area (Å²) in [5.41, 5.74) is 5.40. The van der Waals surface area contributed by atoms with Gasteiger partial charge in [0.1, 0.15) is 0 Å². The van der Waals surface area contributed by atoms with E-state index in [2.05, 4.69) is 12.6 Å². The fourth-order valence-electron chi connectivity index (χ4n) is 0. The van der Waals surface area contributed by atoms with Crippen LogP contribution in [0.1, 0.15) is 20.3 Å². The third kappa shape index (κ3) is 4.31. The van der Waals surface area contributed by atoms with E-state index in [0.717, 1.165) is 6.42 Å². The fourth-order valence-corrected chi connectivity index (χ4v) is 0. The van der Waals surface area contributed by atoms with Gasteiger partial charge in [0.05, 0.1) is 4.87 Å². The summed E-state index contributed by atoms with van der Waals surface area (Å²) in [5.74, 6) is 0. The third-order valence-electron chi connectivity index (χ3n) is 0.716. The van der Waals surface area contributed by atoms with Crippen LogP contribution in [0.4, 0.5) is 0 Å². The first kappa shape index (κ1) is 6.31. The van der Waals surface area contributed by atoms with Gasteiger partial charge in [0, 0.05) is 0 Å². The van der Waals surface area contributed by atoms with Crippen molar-refractivity contribution in [2.45, 2.75) is 25.1 Å². The lowest BCUT2D eigenvalue weighted by Gasteiger charge is -2.11. The molecule has 0 aromatic heterocycles. The van der Waals surface area contributed by atoms with Crippen molar-refractivity contribution in [2.75, 3.05) is 0 Å². The maximum atomic E-state index is 5.40. The largest absolute Gasteiger partial charge is 0.317 e. The maximum Gasteiger partial charge on any atom is 0.0559 e. The quantitative estimate of drug-likeness (QED) is 0.377. The van der Waals surface area contributed by atoms with E-state index in [1.165, 1.54) is 0 Å². The first-order valence-electron chi connectivity index (χ1n) is 2.07. The number of thiol groups is 1. The zero-order valence-corrected chi connectivity index (χ0v) is 5.13. The Hall–Kier alpha value is 0.310. The first-order valence-corrected chi connectivity index (χ1v) is 2.52. The first-order chi connectivity index (χ1) is 2.56. The van der Waals surface area contributed by atoms with Gasteiger partial charge < -0.3 is 5.73 Å². The minimum Gasteiger partial charge on any atom is -0.317 e. The van der Waals surface area contributed by atoms with E-state index < -0.39 is 0 Å². The second-order valence-electron chi connectivity index (χ2n) is 1.71. The summed E-state index contributed by atoms with van der Waals surface area (Å²) in [4.78, 5) is -0.264. The molecule has 0 amide bonds. The predicted molar refractivity (Wildman–Crippen MR) is 31.9 cm³/mol. The van der Waals surface area contributed by atoms with Gasteiger partial charge in [0.25, 0.3) is 0 Å². The molecular weight excluding hydrogens is 94.1 g/mol. The molecule has 0 radical (unpaired) electrons. The van der Waals surface area contributed by atoms with Crippen molar-refractivity contribution >= 4 is 12.6 Å². The molecule has 38 valence electrons. The molecule has 0 fully saturated rings. The molecular formula is C4H11NS. The van der Waals surface area contributed by atoms with Gasteiger partial charge in [0.2, 0.25) is 0 Å². The monoisotopic (exact) mass is 105 g/mol. The van der Waals surface area contributed by atoms with Crippen molar-refractivity contribution < 1.29 is 0 Å². The van der Waals surface area contributed by atoms with Crippen LogP contribution in [0.25, 0.3) is 0 Å². The van der Waals surface area contributed by atoms with Crippen molar-refractivity contribution in [3.8, 4) is 0 Å². The lowest BCUT2D eigenvalue weighted by molar-refractivity contribution is 0.657. The van der Waals surface area contributed by atoms with E-state index in [-0.39, 0.29) is 4.87 Å². The van der Waals surface area contributed by atoms with Crippen LogP contribution in [0.3, 0.4) is 0 Å². The highest BCUT2D eigenvalue weighted by atomic mass is 32.1. The molecule has 0 saturated heterocycles. The van der Waals surface area contributed by atoms with Gasteiger partial charge in [-0.3, -0.25) is 0 Å². The van der Waals surface area contributed by atoms with Crippen LogP contribution >= 0.6 is 12.6 Å². The highest BCUT2D eigenvalue weighted by Crippen LogP contribution is 2.07. The van der Waals surface area contributed by atoms with Crippen LogP contribution in [0.15, 0.2) is 0 Å². The molecule has 1 atom stereocenters. The van der Waals surface area contributed by atoms with Gasteiger partial charge in [0.15, 0.2) is 0 Å². The summed E-state index contributed by atoms with van der Waals surface area (Å²) < 4.78 is 0. The summed E-state index contributed by atoms with van der Waals surface area (Å²) in [5, 5.41) is 0. The zero-order chi connectivity index (χ0) is 5.21. The van der Waals surface area contributed by atoms with E-state index in [4.69, 9.17) is 5.73 Å². The molecule has 6 heavy (non-hydrogen) atoms. The van der Waals surface area contributed by atoms with E-state index in [1.54, 1.807) is 0 Å². The molecule has 0 aromatic rings. The van der Waals surface area contributed by atoms with Crippen molar-refractivity contribution in [3.63, 3.8) is 0 Å². The van der Waals surface area contributed by atoms with Crippen LogP contribution in [0.5, 0.6) is 0 Å². The lowest BCUT2D eigenvalue weighted by Crippen LogP contribution is -2.26. The number of hydrogen-bond acceptors (Lipinski definition) is 2. The fraction of sp³-hybridized carbons (Fsp3) is 1.00. The molecule has 0 aliphatic carbocycles. The second kappa shape index (κ2) is 1.85. The summed E-state index contributed by atoms with van der Waals surface area (Å²) in [7, 11) is 0. The predicted octanol–water partition coefficient (Wildman–Crippen LogP) is 1.00. The van der Waals surface area contributed by atoms with Crippen molar-refractivity contribution in [3.05, 3.63) is 0 Å². The molecule has 2 heteroatoms. The Morgan fingerprint density at radius 2 is 2.00 bits per heavy atom. The Morgan fingerprint density at radius 3 is 2.00 bits per heavy atom. The Bertz CT molecular complexity index is 37.3. The van der Waals surface area contributed by atoms with Crippen LogP contribution in [0, 0.1) is 0 Å². The topological polar surface area (TPSA) is 26.0 Å². The standard InChI is InChI=1S/C4H11NS/c1-3-4(2,5)6/h6H,3,5H2,1-2H3/t4-/m0/s1. The molecule has 0 saturated carbocycles. The van der Waals surface area contributed by atoms with Gasteiger partial charge >= 0.3 is 0 Å². The molecule has 0 rings (SSSR count). The van der Waals surface area contributed by atoms with E-state index in [1.807, 2.05) is 13.8 Å². The Kier molecular flexibility index (Phi) is 1.94. The molecule has 0 unspecified atom stereocenters. The van der Waals surface area contributed by atoms with E-state index in [0.29, 0.717) is 0 Å². The number of hydrogen-bond donors (Lipinski definition) is 2. The Balaban J connectivity index is 3.17. The smallest absolute Gasteiger partial charge is 0.0559 e. The summed E-state index contributed by atoms with van der Waals surface area (Å²) >= 11 is 4.03. The van der Waals surface area contributed by atoms with Crippen LogP contribution in [-0.2, 0) is 0 Å². The van der Waals surface area contributed by atoms with Crippen LogP contribution in [0.2, 0.25) is 0 Å². The molecule has 0 spiro atoms. The summed E-state index contributed by atoms with van der Waals surface area (Å²) in [6, 6.07) is 0.